The van der Waals surface area contributed by atoms with Gasteiger partial charge in [0.15, 0.2) is 0 Å². The molecule has 2 N–H and O–H groups in total. The van der Waals surface area contributed by atoms with E-state index in [9.17, 15) is 9.90 Å². The zero-order chi connectivity index (χ0) is 21.3. The van der Waals surface area contributed by atoms with E-state index < -0.39 is 11.9 Å². The first-order valence-electron chi connectivity index (χ1n) is 9.04. The number of pyridine rings is 1. The van der Waals surface area contributed by atoms with Gasteiger partial charge < -0.3 is 15.6 Å². The molecule has 4 rings (SSSR count). The molecule has 0 spiro atoms. The number of para-hydroxylation sites is 1. The molecule has 4 aromatic rings. The van der Waals surface area contributed by atoms with Gasteiger partial charge in [-0.3, -0.25) is 4.52 Å². The summed E-state index contributed by atoms with van der Waals surface area (Å²) in [7, 11) is 0. The quantitative estimate of drug-likeness (QED) is 0.225. The zero-order valence-corrected chi connectivity index (χ0v) is 17.0. The first kappa shape index (κ1) is 19.5. The van der Waals surface area contributed by atoms with Crippen molar-refractivity contribution < 1.29 is 23.8 Å². The highest BCUT2D eigenvalue weighted by atomic mass is 32.1. The molecule has 0 saturated heterocycles. The van der Waals surface area contributed by atoms with E-state index in [-0.39, 0.29) is 28.6 Å². The van der Waals surface area contributed by atoms with Crippen molar-refractivity contribution in [3.8, 4) is 5.69 Å². The van der Waals surface area contributed by atoms with Crippen molar-refractivity contribution in [1.29, 1.82) is 0 Å². The van der Waals surface area contributed by atoms with E-state index in [2.05, 4.69) is 15.2 Å². The molecule has 0 bridgehead atoms. The number of fused-ring (bicyclic) bond motifs is 1. The highest BCUT2D eigenvalue weighted by Crippen LogP contribution is 2.35. The van der Waals surface area contributed by atoms with Gasteiger partial charge in [0.1, 0.15) is 4.83 Å². The molecule has 0 radical (unpaired) electrons. The smallest absolute Gasteiger partial charge is 0.338 e. The number of nitrogen functional groups attached to an aromatic ring is 1. The van der Waals surface area contributed by atoms with E-state index in [0.29, 0.717) is 15.9 Å². The highest BCUT2D eigenvalue weighted by molar-refractivity contribution is 7.21. The second-order valence-electron chi connectivity index (χ2n) is 6.29. The Kier molecular flexibility index (Phi) is 5.15. The summed E-state index contributed by atoms with van der Waals surface area (Å²) in [5, 5.41) is 17.0. The van der Waals surface area contributed by atoms with Crippen molar-refractivity contribution in [3.05, 3.63) is 58.7 Å². The van der Waals surface area contributed by atoms with Crippen molar-refractivity contribution in [2.24, 2.45) is 4.99 Å². The summed E-state index contributed by atoms with van der Waals surface area (Å²) in [6, 6.07) is 10.9. The number of nitrogens with two attached hydrogens (primary N) is 1. The Bertz CT molecular complexity index is 1260. The molecule has 3 aromatic heterocycles. The van der Waals surface area contributed by atoms with Crippen LogP contribution in [0, 0.1) is 6.92 Å². The number of aliphatic imine (C=N–C) groups is 1. The molecule has 3 heterocycles. The molecule has 0 fully saturated rings. The second-order valence-corrected chi connectivity index (χ2v) is 7.29. The lowest BCUT2D eigenvalue weighted by molar-refractivity contribution is -0.670. The normalized spacial score (nSPS) is 11.7. The number of aryl methyl sites for hydroxylation is 1. The van der Waals surface area contributed by atoms with Crippen LogP contribution < -0.4 is 15.5 Å². The maximum atomic E-state index is 12.8. The minimum atomic E-state index is -0.612. The van der Waals surface area contributed by atoms with E-state index in [0.717, 1.165) is 17.0 Å². The van der Waals surface area contributed by atoms with Gasteiger partial charge in [0.05, 0.1) is 22.7 Å². The van der Waals surface area contributed by atoms with Crippen molar-refractivity contribution >= 4 is 45.0 Å². The summed E-state index contributed by atoms with van der Waals surface area (Å²) < 4.78 is 11.7. The van der Waals surface area contributed by atoms with Crippen molar-refractivity contribution in [1.82, 2.24) is 10.3 Å². The van der Waals surface area contributed by atoms with Gasteiger partial charge in [-0.05, 0) is 24.6 Å². The molecule has 0 saturated carbocycles. The lowest BCUT2D eigenvalue weighted by Crippen LogP contribution is -2.30. The fraction of sp³-hybridized carbons (Fsp3) is 0.150. The zero-order valence-electron chi connectivity index (χ0n) is 16.2. The monoisotopic (exact) mass is 423 g/mol. The van der Waals surface area contributed by atoms with Crippen LogP contribution in [0.4, 0.5) is 11.6 Å². The fourth-order valence-electron chi connectivity index (χ4n) is 2.91. The summed E-state index contributed by atoms with van der Waals surface area (Å²) in [6.07, 6.45) is 1.49. The Labute approximate surface area is 175 Å². The Morgan fingerprint density at radius 1 is 1.37 bits per heavy atom. The fourth-order valence-corrected chi connectivity index (χ4v) is 3.96. The van der Waals surface area contributed by atoms with E-state index in [1.165, 1.54) is 10.9 Å². The van der Waals surface area contributed by atoms with Crippen LogP contribution in [0.2, 0.25) is 0 Å². The number of nitrogens with zero attached hydrogens (tertiary/aromatic N) is 4. The summed E-state index contributed by atoms with van der Waals surface area (Å²) in [5.41, 5.74) is 7.98. The number of anilines is 1. The number of esters is 1. The Balaban J connectivity index is 1.74. The molecular formula is C20H17N5O4S. The van der Waals surface area contributed by atoms with E-state index in [1.807, 2.05) is 30.3 Å². The molecule has 10 heteroatoms. The topological polar surface area (TPSA) is 131 Å². The second kappa shape index (κ2) is 7.91. The standard InChI is InChI=1S/C20H17N5O4S/c1-3-28-20(27)13-9-11(2)22-19-15(13)16(21)17(30-19)18(26)23-14-10-25(24-29-14)12-7-5-4-6-8-12/h4-10H,3H2,1-2H3,(H2-,21,23,24,26). The lowest BCUT2D eigenvalue weighted by Gasteiger charge is -2.08. The van der Waals surface area contributed by atoms with Crippen molar-refractivity contribution in [2.45, 2.75) is 13.8 Å². The minimum Gasteiger partial charge on any atom is -0.857 e. The minimum absolute atomic E-state index is 0.0236. The highest BCUT2D eigenvalue weighted by Gasteiger charge is 2.21. The number of ether oxygens (including phenoxy) is 1. The molecule has 9 nitrogen and oxygen atoms in total. The molecule has 30 heavy (non-hydrogen) atoms. The Hall–Kier alpha value is -3.79. The molecule has 0 unspecified atom stereocenters. The summed E-state index contributed by atoms with van der Waals surface area (Å²) in [4.78, 5) is 21.3. The number of carbonyl (C=O) groups excluding carboxylic acids is 1. The third-order valence-electron chi connectivity index (χ3n) is 4.20. The average molecular weight is 423 g/mol. The first-order valence-corrected chi connectivity index (χ1v) is 9.86. The molecule has 0 aliphatic carbocycles. The maximum absolute atomic E-state index is 12.8. The van der Waals surface area contributed by atoms with Crippen LogP contribution in [-0.4, -0.2) is 28.7 Å². The Morgan fingerprint density at radius 2 is 2.13 bits per heavy atom. The molecule has 0 aliphatic heterocycles. The maximum Gasteiger partial charge on any atom is 0.338 e. The van der Waals surface area contributed by atoms with Crippen LogP contribution in [0.25, 0.3) is 15.9 Å². The van der Waals surface area contributed by atoms with Gasteiger partial charge >= 0.3 is 11.9 Å². The molecular weight excluding hydrogens is 406 g/mol. The molecule has 0 aliphatic rings. The number of hydrogen-bond acceptors (Lipinski definition) is 9. The van der Waals surface area contributed by atoms with E-state index in [4.69, 9.17) is 15.0 Å². The van der Waals surface area contributed by atoms with Gasteiger partial charge in [0, 0.05) is 29.1 Å². The third-order valence-corrected chi connectivity index (χ3v) is 5.29. The molecule has 0 atom stereocenters. The Morgan fingerprint density at radius 3 is 2.87 bits per heavy atom. The third kappa shape index (κ3) is 3.60. The first-order chi connectivity index (χ1) is 14.5. The number of thiophene rings is 1. The van der Waals surface area contributed by atoms with Crippen molar-refractivity contribution in [3.63, 3.8) is 0 Å². The van der Waals surface area contributed by atoms with Crippen molar-refractivity contribution in [2.75, 3.05) is 12.3 Å². The van der Waals surface area contributed by atoms with Crippen LogP contribution in [0.15, 0.2) is 52.1 Å². The number of hydrogen-bond donors (Lipinski definition) is 1. The van der Waals surface area contributed by atoms with Gasteiger partial charge in [-0.1, -0.05) is 18.2 Å². The predicted molar refractivity (Wildman–Crippen MR) is 109 cm³/mol. The van der Waals surface area contributed by atoms with Crippen LogP contribution in [-0.2, 0) is 4.74 Å². The number of benzene rings is 1. The largest absolute Gasteiger partial charge is 0.857 e. The van der Waals surface area contributed by atoms with Crippen LogP contribution in [0.5, 0.6) is 0 Å². The van der Waals surface area contributed by atoms with Crippen LogP contribution in [0.1, 0.15) is 27.9 Å². The number of rotatable bonds is 5. The summed E-state index contributed by atoms with van der Waals surface area (Å²) in [6.45, 7) is 3.69. The number of carbonyl (C=O) groups is 1. The average Bonchev–Trinajstić information content (AvgIpc) is 3.33. The van der Waals surface area contributed by atoms with Gasteiger partial charge in [0.25, 0.3) is 6.20 Å². The lowest BCUT2D eigenvalue weighted by atomic mass is 10.1. The van der Waals surface area contributed by atoms with Gasteiger partial charge in [0.2, 0.25) is 11.0 Å². The predicted octanol–water partition coefficient (Wildman–Crippen LogP) is 2.07. The van der Waals surface area contributed by atoms with Crippen LogP contribution in [0.3, 0.4) is 0 Å². The molecule has 0 amide bonds. The van der Waals surface area contributed by atoms with E-state index in [1.54, 1.807) is 19.9 Å². The molecule has 152 valence electrons. The summed E-state index contributed by atoms with van der Waals surface area (Å²) in [5.74, 6) is -1.11. The van der Waals surface area contributed by atoms with Gasteiger partial charge in [-0.25, -0.2) is 14.8 Å². The summed E-state index contributed by atoms with van der Waals surface area (Å²) >= 11 is 1.06. The van der Waals surface area contributed by atoms with Crippen LogP contribution >= 0.6 is 11.3 Å². The van der Waals surface area contributed by atoms with Gasteiger partial charge in [-0.2, -0.15) is 0 Å². The number of aromatic nitrogens is 3. The molecule has 1 aromatic carbocycles. The van der Waals surface area contributed by atoms with Gasteiger partial charge in [-0.15, -0.1) is 11.3 Å². The van der Waals surface area contributed by atoms with E-state index >= 15 is 0 Å². The SMILES string of the molecule is CCOC(=O)c1cc(C)nc2sc(/C([O-])=N\c3c[n+](-c4ccccc4)no3)c(N)c12.